The van der Waals surface area contributed by atoms with Crippen molar-refractivity contribution in [3.05, 3.63) is 65.5 Å². The zero-order chi connectivity index (χ0) is 16.2. The smallest absolute Gasteiger partial charge is 0.224 e. The van der Waals surface area contributed by atoms with Crippen molar-refractivity contribution in [2.75, 3.05) is 6.26 Å². The maximum atomic E-state index is 12.8. The number of nitrogens with one attached hydrogen (secondary N) is 1. The highest BCUT2D eigenvalue weighted by molar-refractivity contribution is 7.90. The van der Waals surface area contributed by atoms with Crippen molar-refractivity contribution >= 4 is 15.7 Å². The monoisotopic (exact) mass is 321 g/mol. The lowest BCUT2D eigenvalue weighted by Crippen LogP contribution is -2.25. The Labute approximate surface area is 128 Å². The molecule has 2 aromatic rings. The van der Waals surface area contributed by atoms with E-state index < -0.39 is 9.84 Å². The van der Waals surface area contributed by atoms with Gasteiger partial charge in [-0.15, -0.1) is 0 Å². The minimum atomic E-state index is -3.37. The third-order valence-electron chi connectivity index (χ3n) is 3.13. The predicted molar refractivity (Wildman–Crippen MR) is 81.5 cm³/mol. The number of amides is 1. The summed E-state index contributed by atoms with van der Waals surface area (Å²) in [7, 11) is -3.37. The second-order valence-corrected chi connectivity index (χ2v) is 6.94. The van der Waals surface area contributed by atoms with Gasteiger partial charge in [0, 0.05) is 12.8 Å². The summed E-state index contributed by atoms with van der Waals surface area (Å²) in [5, 5.41) is 2.69. The second-order valence-electron chi connectivity index (χ2n) is 4.96. The van der Waals surface area contributed by atoms with Gasteiger partial charge in [0.1, 0.15) is 5.82 Å². The largest absolute Gasteiger partial charge is 0.352 e. The second kappa shape index (κ2) is 6.70. The molecule has 22 heavy (non-hydrogen) atoms. The molecule has 0 unspecified atom stereocenters. The Kier molecular flexibility index (Phi) is 4.92. The van der Waals surface area contributed by atoms with Crippen molar-refractivity contribution in [2.24, 2.45) is 0 Å². The van der Waals surface area contributed by atoms with Crippen LogP contribution in [0.5, 0.6) is 0 Å². The molecule has 0 spiro atoms. The minimum absolute atomic E-state index is 0.0234. The van der Waals surface area contributed by atoms with Gasteiger partial charge in [0.15, 0.2) is 9.84 Å². The molecule has 6 heteroatoms. The van der Waals surface area contributed by atoms with Crippen molar-refractivity contribution in [1.82, 2.24) is 5.32 Å². The highest BCUT2D eigenvalue weighted by atomic mass is 32.2. The molecule has 0 atom stereocenters. The number of carbonyl (C=O) groups excluding carboxylic acids is 1. The third kappa shape index (κ3) is 4.39. The Morgan fingerprint density at radius 3 is 2.36 bits per heavy atom. The van der Waals surface area contributed by atoms with E-state index in [0.717, 1.165) is 11.8 Å². The SMILES string of the molecule is CS(=O)(=O)c1ccccc1CC(=O)NCc1ccc(F)cc1. The van der Waals surface area contributed by atoms with E-state index in [1.807, 2.05) is 0 Å². The van der Waals surface area contributed by atoms with Gasteiger partial charge in [-0.3, -0.25) is 4.79 Å². The first-order valence-electron chi connectivity index (χ1n) is 6.65. The number of sulfone groups is 1. The lowest BCUT2D eigenvalue weighted by Gasteiger charge is -2.09. The standard InChI is InChI=1S/C16H16FNO3S/c1-22(20,21)15-5-3-2-4-13(15)10-16(19)18-11-12-6-8-14(17)9-7-12/h2-9H,10-11H2,1H3,(H,18,19). The van der Waals surface area contributed by atoms with Gasteiger partial charge in [-0.05, 0) is 29.3 Å². The number of carbonyl (C=O) groups is 1. The summed E-state index contributed by atoms with van der Waals surface area (Å²) in [6.07, 6.45) is 1.09. The summed E-state index contributed by atoms with van der Waals surface area (Å²) in [4.78, 5) is 12.1. The summed E-state index contributed by atoms with van der Waals surface area (Å²) in [6, 6.07) is 12.2. The summed E-state index contributed by atoms with van der Waals surface area (Å²) in [6.45, 7) is 0.264. The van der Waals surface area contributed by atoms with Gasteiger partial charge in [-0.2, -0.15) is 0 Å². The molecule has 1 N–H and O–H groups in total. The zero-order valence-electron chi connectivity index (χ0n) is 12.0. The van der Waals surface area contributed by atoms with Gasteiger partial charge in [0.05, 0.1) is 11.3 Å². The quantitative estimate of drug-likeness (QED) is 0.917. The van der Waals surface area contributed by atoms with Crippen molar-refractivity contribution in [3.63, 3.8) is 0 Å². The van der Waals surface area contributed by atoms with Crippen LogP contribution in [0.25, 0.3) is 0 Å². The fourth-order valence-corrected chi connectivity index (χ4v) is 2.99. The Hall–Kier alpha value is -2.21. The molecule has 0 bridgehead atoms. The lowest BCUT2D eigenvalue weighted by atomic mass is 10.1. The van der Waals surface area contributed by atoms with Crippen LogP contribution in [0.4, 0.5) is 4.39 Å². The van der Waals surface area contributed by atoms with E-state index in [1.165, 1.54) is 18.2 Å². The molecule has 0 heterocycles. The average molecular weight is 321 g/mol. The Balaban J connectivity index is 2.02. The van der Waals surface area contributed by atoms with Crippen molar-refractivity contribution < 1.29 is 17.6 Å². The Bertz CT molecular complexity index is 770. The number of halogens is 1. The third-order valence-corrected chi connectivity index (χ3v) is 4.32. The number of benzene rings is 2. The van der Waals surface area contributed by atoms with E-state index in [9.17, 15) is 17.6 Å². The van der Waals surface area contributed by atoms with E-state index in [0.29, 0.717) is 5.56 Å². The van der Waals surface area contributed by atoms with Gasteiger partial charge in [0.25, 0.3) is 0 Å². The Morgan fingerprint density at radius 2 is 1.73 bits per heavy atom. The topological polar surface area (TPSA) is 63.2 Å². The maximum Gasteiger partial charge on any atom is 0.224 e. The van der Waals surface area contributed by atoms with Gasteiger partial charge < -0.3 is 5.32 Å². The van der Waals surface area contributed by atoms with Crippen LogP contribution in [0.15, 0.2) is 53.4 Å². The van der Waals surface area contributed by atoms with Crippen LogP contribution in [0, 0.1) is 5.82 Å². The van der Waals surface area contributed by atoms with Gasteiger partial charge in [-0.1, -0.05) is 30.3 Å². The molecule has 2 rings (SSSR count). The van der Waals surface area contributed by atoms with Crippen molar-refractivity contribution in [3.8, 4) is 0 Å². The fourth-order valence-electron chi connectivity index (χ4n) is 2.05. The van der Waals surface area contributed by atoms with E-state index in [1.54, 1.807) is 30.3 Å². The van der Waals surface area contributed by atoms with E-state index in [2.05, 4.69) is 5.32 Å². The summed E-state index contributed by atoms with van der Waals surface area (Å²) < 4.78 is 36.1. The van der Waals surface area contributed by atoms with Crippen LogP contribution in [-0.4, -0.2) is 20.6 Å². The maximum absolute atomic E-state index is 12.8. The van der Waals surface area contributed by atoms with E-state index in [-0.39, 0.29) is 29.6 Å². The lowest BCUT2D eigenvalue weighted by molar-refractivity contribution is -0.120. The molecule has 116 valence electrons. The van der Waals surface area contributed by atoms with Gasteiger partial charge >= 0.3 is 0 Å². The molecule has 0 fully saturated rings. The number of rotatable bonds is 5. The summed E-state index contributed by atoms with van der Waals surface area (Å²) in [5.41, 5.74) is 1.23. The van der Waals surface area contributed by atoms with Crippen LogP contribution in [0.2, 0.25) is 0 Å². The highest BCUT2D eigenvalue weighted by Gasteiger charge is 2.14. The van der Waals surface area contributed by atoms with Crippen molar-refractivity contribution in [2.45, 2.75) is 17.9 Å². The normalized spacial score (nSPS) is 11.2. The fraction of sp³-hybridized carbons (Fsp3) is 0.188. The molecule has 0 radical (unpaired) electrons. The first-order chi connectivity index (χ1) is 10.4. The molecular formula is C16H16FNO3S. The van der Waals surface area contributed by atoms with E-state index >= 15 is 0 Å². The molecule has 0 saturated heterocycles. The summed E-state index contributed by atoms with van der Waals surface area (Å²) >= 11 is 0. The van der Waals surface area contributed by atoms with Crippen LogP contribution < -0.4 is 5.32 Å². The van der Waals surface area contributed by atoms with Gasteiger partial charge in [0.2, 0.25) is 5.91 Å². The summed E-state index contributed by atoms with van der Waals surface area (Å²) in [5.74, 6) is -0.627. The molecule has 0 saturated carbocycles. The average Bonchev–Trinajstić information content (AvgIpc) is 2.46. The Morgan fingerprint density at radius 1 is 1.09 bits per heavy atom. The molecule has 0 aromatic heterocycles. The molecule has 0 aliphatic heterocycles. The van der Waals surface area contributed by atoms with Crippen LogP contribution in [0.3, 0.4) is 0 Å². The first-order valence-corrected chi connectivity index (χ1v) is 8.54. The van der Waals surface area contributed by atoms with Crippen LogP contribution in [-0.2, 0) is 27.6 Å². The highest BCUT2D eigenvalue weighted by Crippen LogP contribution is 2.15. The minimum Gasteiger partial charge on any atom is -0.352 e. The zero-order valence-corrected chi connectivity index (χ0v) is 12.9. The number of hydrogen-bond acceptors (Lipinski definition) is 3. The predicted octanol–water partition coefficient (Wildman–Crippen LogP) is 2.09. The van der Waals surface area contributed by atoms with E-state index in [4.69, 9.17) is 0 Å². The van der Waals surface area contributed by atoms with Gasteiger partial charge in [-0.25, -0.2) is 12.8 Å². The molecule has 0 aliphatic carbocycles. The molecular weight excluding hydrogens is 305 g/mol. The molecule has 1 amide bonds. The first kappa shape index (κ1) is 16.2. The van der Waals surface area contributed by atoms with Crippen LogP contribution in [0.1, 0.15) is 11.1 Å². The molecule has 2 aromatic carbocycles. The molecule has 4 nitrogen and oxygen atoms in total. The van der Waals surface area contributed by atoms with Crippen LogP contribution >= 0.6 is 0 Å². The number of hydrogen-bond donors (Lipinski definition) is 1. The van der Waals surface area contributed by atoms with Crippen molar-refractivity contribution in [1.29, 1.82) is 0 Å². The molecule has 0 aliphatic rings.